The van der Waals surface area contributed by atoms with Crippen molar-refractivity contribution in [1.82, 2.24) is 0 Å². The highest BCUT2D eigenvalue weighted by molar-refractivity contribution is 7.17. The molecule has 0 saturated carbocycles. The van der Waals surface area contributed by atoms with Gasteiger partial charge in [-0.05, 0) is 55.3 Å². The summed E-state index contributed by atoms with van der Waals surface area (Å²) in [5, 5.41) is 19.0. The molecule has 0 amide bonds. The standard InChI is InChI=1S/C18H16N2O2S2/c19-12-13(18(21)22)11-16-6-5-14(23-16)3-4-15-7-8-17(24-15)20-9-1-2-10-20/h3-8,11H,1-2,9-10H2,(H,21,22)/b4-3+,13-11+. The van der Waals surface area contributed by atoms with Crippen molar-refractivity contribution in [2.24, 2.45) is 0 Å². The first-order valence-corrected chi connectivity index (χ1v) is 9.27. The Morgan fingerprint density at radius 3 is 2.38 bits per heavy atom. The van der Waals surface area contributed by atoms with Gasteiger partial charge in [0.2, 0.25) is 0 Å². The van der Waals surface area contributed by atoms with Crippen LogP contribution in [0.3, 0.4) is 0 Å². The smallest absolute Gasteiger partial charge is 0.346 e. The molecule has 3 rings (SSSR count). The predicted octanol–water partition coefficient (Wildman–Crippen LogP) is 4.57. The van der Waals surface area contributed by atoms with E-state index in [0.717, 1.165) is 22.8 Å². The molecule has 1 saturated heterocycles. The molecule has 3 heterocycles. The van der Waals surface area contributed by atoms with Crippen molar-refractivity contribution in [3.63, 3.8) is 0 Å². The average molecular weight is 356 g/mol. The van der Waals surface area contributed by atoms with Crippen LogP contribution in [0.5, 0.6) is 0 Å². The molecule has 24 heavy (non-hydrogen) atoms. The van der Waals surface area contributed by atoms with E-state index < -0.39 is 5.97 Å². The summed E-state index contributed by atoms with van der Waals surface area (Å²) in [6.45, 7) is 2.30. The summed E-state index contributed by atoms with van der Waals surface area (Å²) < 4.78 is 0. The number of carboxylic acids is 1. The third-order valence-corrected chi connectivity index (χ3v) is 5.84. The third-order valence-electron chi connectivity index (χ3n) is 3.73. The number of rotatable bonds is 5. The topological polar surface area (TPSA) is 64.3 Å². The van der Waals surface area contributed by atoms with Crippen molar-refractivity contribution in [1.29, 1.82) is 5.26 Å². The van der Waals surface area contributed by atoms with E-state index >= 15 is 0 Å². The molecule has 6 heteroatoms. The van der Waals surface area contributed by atoms with Crippen LogP contribution in [0, 0.1) is 11.3 Å². The molecule has 0 bridgehead atoms. The first-order chi connectivity index (χ1) is 11.7. The Morgan fingerprint density at radius 2 is 1.71 bits per heavy atom. The van der Waals surface area contributed by atoms with Crippen LogP contribution in [0.1, 0.15) is 27.5 Å². The molecular weight excluding hydrogens is 340 g/mol. The fraction of sp³-hybridized carbons (Fsp3) is 0.222. The maximum atomic E-state index is 10.9. The van der Waals surface area contributed by atoms with Crippen molar-refractivity contribution in [3.05, 3.63) is 44.5 Å². The quantitative estimate of drug-likeness (QED) is 0.629. The van der Waals surface area contributed by atoms with Gasteiger partial charge in [-0.2, -0.15) is 5.26 Å². The van der Waals surface area contributed by atoms with Crippen molar-refractivity contribution in [2.45, 2.75) is 12.8 Å². The second-order valence-corrected chi connectivity index (χ2v) is 7.66. The van der Waals surface area contributed by atoms with Gasteiger partial charge in [0.25, 0.3) is 0 Å². The SMILES string of the molecule is N#C/C(=C\c1ccc(/C=C/c2ccc(N3CCCC3)s2)s1)C(=O)O. The number of nitriles is 1. The Morgan fingerprint density at radius 1 is 1.08 bits per heavy atom. The minimum absolute atomic E-state index is 0.249. The van der Waals surface area contributed by atoms with Crippen LogP contribution in [0.2, 0.25) is 0 Å². The van der Waals surface area contributed by atoms with Gasteiger partial charge in [0, 0.05) is 27.7 Å². The van der Waals surface area contributed by atoms with Gasteiger partial charge in [0.1, 0.15) is 11.6 Å². The van der Waals surface area contributed by atoms with E-state index in [1.165, 1.54) is 40.1 Å². The molecule has 2 aromatic heterocycles. The minimum Gasteiger partial charge on any atom is -0.477 e. The van der Waals surface area contributed by atoms with E-state index in [9.17, 15) is 4.79 Å². The van der Waals surface area contributed by atoms with E-state index in [-0.39, 0.29) is 5.57 Å². The number of aliphatic carboxylic acids is 1. The molecule has 0 unspecified atom stereocenters. The normalized spacial score (nSPS) is 15.1. The Kier molecular flexibility index (Phi) is 5.14. The summed E-state index contributed by atoms with van der Waals surface area (Å²) in [5.41, 5.74) is -0.249. The largest absolute Gasteiger partial charge is 0.477 e. The zero-order valence-electron chi connectivity index (χ0n) is 12.9. The summed E-state index contributed by atoms with van der Waals surface area (Å²) in [6.07, 6.45) is 8.05. The van der Waals surface area contributed by atoms with Crippen molar-refractivity contribution in [2.75, 3.05) is 18.0 Å². The maximum Gasteiger partial charge on any atom is 0.346 e. The molecule has 2 aromatic rings. The Labute approximate surface area is 148 Å². The highest BCUT2D eigenvalue weighted by atomic mass is 32.1. The molecular formula is C18H16N2O2S2. The van der Waals surface area contributed by atoms with Gasteiger partial charge in [0.15, 0.2) is 0 Å². The van der Waals surface area contributed by atoms with Gasteiger partial charge in [0.05, 0.1) is 5.00 Å². The number of thiophene rings is 2. The first kappa shape index (κ1) is 16.5. The summed E-state index contributed by atoms with van der Waals surface area (Å²) in [5.74, 6) is -1.20. The highest BCUT2D eigenvalue weighted by Crippen LogP contribution is 2.30. The van der Waals surface area contributed by atoms with Crippen LogP contribution in [0.25, 0.3) is 18.2 Å². The maximum absolute atomic E-state index is 10.9. The molecule has 0 aliphatic carbocycles. The van der Waals surface area contributed by atoms with Crippen LogP contribution in [-0.2, 0) is 4.79 Å². The van der Waals surface area contributed by atoms with Gasteiger partial charge < -0.3 is 10.0 Å². The molecule has 0 aromatic carbocycles. The number of nitrogens with zero attached hydrogens (tertiary/aromatic N) is 2. The summed E-state index contributed by atoms with van der Waals surface area (Å²) in [7, 11) is 0. The zero-order valence-corrected chi connectivity index (χ0v) is 14.6. The Hall–Kier alpha value is -2.36. The summed E-state index contributed by atoms with van der Waals surface area (Å²) in [6, 6.07) is 9.75. The van der Waals surface area contributed by atoms with Gasteiger partial charge in [-0.25, -0.2) is 4.79 Å². The highest BCUT2D eigenvalue weighted by Gasteiger charge is 2.13. The molecule has 122 valence electrons. The molecule has 1 fully saturated rings. The summed E-state index contributed by atoms with van der Waals surface area (Å²) in [4.78, 5) is 16.3. The van der Waals surface area contributed by atoms with Crippen LogP contribution < -0.4 is 4.90 Å². The van der Waals surface area contributed by atoms with Crippen molar-refractivity contribution >= 4 is 51.9 Å². The van der Waals surface area contributed by atoms with Crippen LogP contribution in [-0.4, -0.2) is 24.2 Å². The van der Waals surface area contributed by atoms with Crippen molar-refractivity contribution in [3.8, 4) is 6.07 Å². The van der Waals surface area contributed by atoms with Gasteiger partial charge in [-0.15, -0.1) is 22.7 Å². The minimum atomic E-state index is -1.20. The fourth-order valence-electron chi connectivity index (χ4n) is 2.52. The lowest BCUT2D eigenvalue weighted by Gasteiger charge is -2.13. The average Bonchev–Trinajstić information content (AvgIpc) is 3.30. The monoisotopic (exact) mass is 356 g/mol. The predicted molar refractivity (Wildman–Crippen MR) is 100 cm³/mol. The lowest BCUT2D eigenvalue weighted by Crippen LogP contribution is -2.15. The molecule has 0 radical (unpaired) electrons. The molecule has 1 aliphatic rings. The van der Waals surface area contributed by atoms with Crippen LogP contribution >= 0.6 is 22.7 Å². The van der Waals surface area contributed by atoms with E-state index in [1.54, 1.807) is 17.4 Å². The van der Waals surface area contributed by atoms with Gasteiger partial charge in [-0.3, -0.25) is 0 Å². The number of hydrogen-bond acceptors (Lipinski definition) is 5. The first-order valence-electron chi connectivity index (χ1n) is 7.63. The Balaban J connectivity index is 1.69. The van der Waals surface area contributed by atoms with Crippen LogP contribution in [0.15, 0.2) is 29.8 Å². The van der Waals surface area contributed by atoms with E-state index in [0.29, 0.717) is 0 Å². The van der Waals surface area contributed by atoms with E-state index in [2.05, 4.69) is 23.1 Å². The lowest BCUT2D eigenvalue weighted by molar-refractivity contribution is -0.132. The van der Waals surface area contributed by atoms with Gasteiger partial charge >= 0.3 is 5.97 Å². The van der Waals surface area contributed by atoms with Crippen LogP contribution in [0.4, 0.5) is 5.00 Å². The molecule has 0 atom stereocenters. The second kappa shape index (κ2) is 7.47. The molecule has 1 N–H and O–H groups in total. The molecule has 4 nitrogen and oxygen atoms in total. The molecule has 0 spiro atoms. The van der Waals surface area contributed by atoms with Gasteiger partial charge in [-0.1, -0.05) is 0 Å². The third kappa shape index (κ3) is 3.94. The number of hydrogen-bond donors (Lipinski definition) is 1. The van der Waals surface area contributed by atoms with E-state index in [1.807, 2.05) is 18.2 Å². The Bertz CT molecular complexity index is 833. The number of carboxylic acid groups (broad SMARTS) is 1. The zero-order chi connectivity index (χ0) is 16.9. The second-order valence-electron chi connectivity index (χ2n) is 5.42. The lowest BCUT2D eigenvalue weighted by atomic mass is 10.2. The summed E-state index contributed by atoms with van der Waals surface area (Å²) >= 11 is 3.25. The molecule has 1 aliphatic heterocycles. The number of anilines is 1. The number of carbonyl (C=O) groups is 1. The van der Waals surface area contributed by atoms with E-state index in [4.69, 9.17) is 10.4 Å². The fourth-order valence-corrected chi connectivity index (χ4v) is 4.34. The van der Waals surface area contributed by atoms with Crippen molar-refractivity contribution < 1.29 is 9.90 Å².